The van der Waals surface area contributed by atoms with Crippen molar-refractivity contribution in [3.05, 3.63) is 23.5 Å². The molecule has 74 valence electrons. The number of aldehydes is 1. The average molecular weight is 197 g/mol. The number of phenols is 1. The highest BCUT2D eigenvalue weighted by Gasteiger charge is 2.13. The fourth-order valence-electron chi connectivity index (χ4n) is 0.968. The van der Waals surface area contributed by atoms with Crippen LogP contribution in [0.1, 0.15) is 17.3 Å². The van der Waals surface area contributed by atoms with E-state index in [0.29, 0.717) is 6.29 Å². The van der Waals surface area contributed by atoms with Crippen molar-refractivity contribution in [3.8, 4) is 5.75 Å². The highest BCUT2D eigenvalue weighted by molar-refractivity contribution is 5.92. The number of benzene rings is 1. The predicted molar refractivity (Wildman–Crippen MR) is 47.8 cm³/mol. The zero-order valence-corrected chi connectivity index (χ0v) is 7.37. The lowest BCUT2D eigenvalue weighted by Gasteiger charge is -2.07. The molecule has 0 saturated carbocycles. The van der Waals surface area contributed by atoms with Crippen molar-refractivity contribution in [2.45, 2.75) is 6.92 Å². The van der Waals surface area contributed by atoms with E-state index >= 15 is 0 Å². The van der Waals surface area contributed by atoms with E-state index in [-0.39, 0.29) is 11.3 Å². The Morgan fingerprint density at radius 2 is 2.21 bits per heavy atom. The lowest BCUT2D eigenvalue weighted by molar-refractivity contribution is -0.114. The maximum Gasteiger partial charge on any atom is 0.221 e. The predicted octanol–water partition coefficient (Wildman–Crippen LogP) is 1.30. The topological polar surface area (TPSA) is 66.4 Å². The van der Waals surface area contributed by atoms with E-state index in [0.717, 1.165) is 12.1 Å². The van der Waals surface area contributed by atoms with Crippen LogP contribution in [0.4, 0.5) is 10.1 Å². The number of carbonyl (C=O) groups excluding carboxylic acids is 2. The zero-order valence-electron chi connectivity index (χ0n) is 7.37. The second kappa shape index (κ2) is 3.87. The lowest BCUT2D eigenvalue weighted by Crippen LogP contribution is -2.08. The molecule has 0 atom stereocenters. The van der Waals surface area contributed by atoms with Gasteiger partial charge in [0.1, 0.15) is 11.4 Å². The molecule has 0 aliphatic heterocycles. The molecule has 0 saturated heterocycles. The first-order valence-corrected chi connectivity index (χ1v) is 3.80. The molecule has 0 aromatic heterocycles. The molecule has 2 N–H and O–H groups in total. The molecule has 4 nitrogen and oxygen atoms in total. The van der Waals surface area contributed by atoms with Gasteiger partial charge < -0.3 is 10.4 Å². The summed E-state index contributed by atoms with van der Waals surface area (Å²) in [6, 6.07) is 2.26. The SMILES string of the molecule is CC(=O)Nc1c(O)ccc(C=O)c1F. The van der Waals surface area contributed by atoms with E-state index in [9.17, 15) is 19.1 Å². The van der Waals surface area contributed by atoms with Crippen LogP contribution in [0, 0.1) is 5.82 Å². The van der Waals surface area contributed by atoms with Gasteiger partial charge in [0.2, 0.25) is 5.91 Å². The number of aromatic hydroxyl groups is 1. The number of carbonyl (C=O) groups is 2. The molecule has 0 heterocycles. The average Bonchev–Trinajstić information content (AvgIpc) is 2.12. The Morgan fingerprint density at radius 1 is 1.57 bits per heavy atom. The first-order valence-electron chi connectivity index (χ1n) is 3.80. The summed E-state index contributed by atoms with van der Waals surface area (Å²) in [4.78, 5) is 21.0. The second-order valence-corrected chi connectivity index (χ2v) is 2.66. The van der Waals surface area contributed by atoms with E-state index in [1.807, 2.05) is 0 Å². The van der Waals surface area contributed by atoms with Gasteiger partial charge in [-0.3, -0.25) is 9.59 Å². The van der Waals surface area contributed by atoms with Crippen LogP contribution in [0.5, 0.6) is 5.75 Å². The third-order valence-electron chi connectivity index (χ3n) is 1.58. The normalized spacial score (nSPS) is 9.57. The number of rotatable bonds is 2. The van der Waals surface area contributed by atoms with Gasteiger partial charge in [-0.1, -0.05) is 0 Å². The van der Waals surface area contributed by atoms with Gasteiger partial charge in [-0.15, -0.1) is 0 Å². The van der Waals surface area contributed by atoms with Crippen molar-refractivity contribution in [1.29, 1.82) is 0 Å². The molecule has 14 heavy (non-hydrogen) atoms. The van der Waals surface area contributed by atoms with E-state index in [2.05, 4.69) is 5.32 Å². The van der Waals surface area contributed by atoms with Crippen LogP contribution in [-0.4, -0.2) is 17.3 Å². The van der Waals surface area contributed by atoms with Gasteiger partial charge >= 0.3 is 0 Å². The van der Waals surface area contributed by atoms with Gasteiger partial charge in [-0.05, 0) is 12.1 Å². The summed E-state index contributed by atoms with van der Waals surface area (Å²) < 4.78 is 13.3. The second-order valence-electron chi connectivity index (χ2n) is 2.66. The molecular weight excluding hydrogens is 189 g/mol. The Labute approximate surface area is 79.4 Å². The number of halogens is 1. The monoisotopic (exact) mass is 197 g/mol. The zero-order chi connectivity index (χ0) is 10.7. The number of hydrogen-bond acceptors (Lipinski definition) is 3. The van der Waals surface area contributed by atoms with Crippen LogP contribution in [0.2, 0.25) is 0 Å². The summed E-state index contributed by atoms with van der Waals surface area (Å²) in [5.41, 5.74) is -0.589. The fourth-order valence-corrected chi connectivity index (χ4v) is 0.968. The van der Waals surface area contributed by atoms with Crippen molar-refractivity contribution in [2.75, 3.05) is 5.32 Å². The van der Waals surface area contributed by atoms with Crippen molar-refractivity contribution in [3.63, 3.8) is 0 Å². The molecule has 0 aliphatic rings. The molecule has 1 aromatic rings. The van der Waals surface area contributed by atoms with Crippen LogP contribution in [0.3, 0.4) is 0 Å². The molecule has 1 amide bonds. The minimum absolute atomic E-state index is 0.216. The molecule has 5 heteroatoms. The Balaban J connectivity index is 3.24. The van der Waals surface area contributed by atoms with Crippen molar-refractivity contribution < 1.29 is 19.1 Å². The number of amides is 1. The fraction of sp³-hybridized carbons (Fsp3) is 0.111. The Bertz CT molecular complexity index is 390. The standard InChI is InChI=1S/C9H8FNO3/c1-5(13)11-9-7(14)3-2-6(4-12)8(9)10/h2-4,14H,1H3,(H,11,13). The smallest absolute Gasteiger partial charge is 0.221 e. The maximum absolute atomic E-state index is 13.3. The quantitative estimate of drug-likeness (QED) is 0.554. The van der Waals surface area contributed by atoms with Crippen molar-refractivity contribution >= 4 is 17.9 Å². The summed E-state index contributed by atoms with van der Waals surface area (Å²) in [5.74, 6) is -1.87. The maximum atomic E-state index is 13.3. The summed E-state index contributed by atoms with van der Waals surface area (Å²) in [7, 11) is 0. The van der Waals surface area contributed by atoms with Gasteiger partial charge in [-0.25, -0.2) is 4.39 Å². The van der Waals surface area contributed by atoms with Crippen LogP contribution < -0.4 is 5.32 Å². The number of hydrogen-bond donors (Lipinski definition) is 2. The van der Waals surface area contributed by atoms with Crippen LogP contribution in [-0.2, 0) is 4.79 Å². The molecular formula is C9H8FNO3. The summed E-state index contributed by atoms with van der Waals surface area (Å²) in [5, 5.41) is 11.3. The molecule has 0 bridgehead atoms. The largest absolute Gasteiger partial charge is 0.506 e. The van der Waals surface area contributed by atoms with E-state index in [1.165, 1.54) is 6.92 Å². The molecule has 0 aliphatic carbocycles. The van der Waals surface area contributed by atoms with Gasteiger partial charge in [0.15, 0.2) is 12.1 Å². The van der Waals surface area contributed by atoms with Crippen LogP contribution in [0.25, 0.3) is 0 Å². The van der Waals surface area contributed by atoms with E-state index in [4.69, 9.17) is 0 Å². The third kappa shape index (κ3) is 1.87. The van der Waals surface area contributed by atoms with Crippen molar-refractivity contribution in [1.82, 2.24) is 0 Å². The van der Waals surface area contributed by atoms with Crippen molar-refractivity contribution in [2.24, 2.45) is 0 Å². The minimum Gasteiger partial charge on any atom is -0.506 e. The highest BCUT2D eigenvalue weighted by atomic mass is 19.1. The molecule has 1 aromatic carbocycles. The molecule has 1 rings (SSSR count). The Hall–Kier alpha value is -1.91. The lowest BCUT2D eigenvalue weighted by atomic mass is 10.2. The third-order valence-corrected chi connectivity index (χ3v) is 1.58. The van der Waals surface area contributed by atoms with Gasteiger partial charge in [0.05, 0.1) is 5.56 Å². The van der Waals surface area contributed by atoms with E-state index < -0.39 is 17.5 Å². The summed E-state index contributed by atoms with van der Waals surface area (Å²) in [6.07, 6.45) is 0.306. The highest BCUT2D eigenvalue weighted by Crippen LogP contribution is 2.27. The minimum atomic E-state index is -0.935. The van der Waals surface area contributed by atoms with Gasteiger partial charge in [-0.2, -0.15) is 0 Å². The Kier molecular flexibility index (Phi) is 2.81. The van der Waals surface area contributed by atoms with Crippen LogP contribution in [0.15, 0.2) is 12.1 Å². The number of nitrogens with one attached hydrogen (secondary N) is 1. The summed E-state index contributed by atoms with van der Waals surface area (Å²) >= 11 is 0. The Morgan fingerprint density at radius 3 is 2.71 bits per heavy atom. The van der Waals surface area contributed by atoms with E-state index in [1.54, 1.807) is 0 Å². The summed E-state index contributed by atoms with van der Waals surface area (Å²) in [6.45, 7) is 1.17. The van der Waals surface area contributed by atoms with Gasteiger partial charge in [0, 0.05) is 6.92 Å². The first-order chi connectivity index (χ1) is 6.56. The van der Waals surface area contributed by atoms with Gasteiger partial charge in [0.25, 0.3) is 0 Å². The molecule has 0 fully saturated rings. The number of phenolic OH excluding ortho intramolecular Hbond substituents is 1. The molecule has 0 spiro atoms. The molecule has 0 radical (unpaired) electrons. The first kappa shape index (κ1) is 10.2. The number of anilines is 1. The van der Waals surface area contributed by atoms with Crippen LogP contribution >= 0.6 is 0 Å². The molecule has 0 unspecified atom stereocenters.